The molecule has 0 saturated heterocycles. The molecule has 0 saturated carbocycles. The summed E-state index contributed by atoms with van der Waals surface area (Å²) in [6, 6.07) is 14.4. The minimum absolute atomic E-state index is 0.207. The Morgan fingerprint density at radius 2 is 1.68 bits per heavy atom. The average Bonchev–Trinajstić information content (AvgIpc) is 3.39. The van der Waals surface area contributed by atoms with E-state index in [1.165, 1.54) is 24.1 Å². The van der Waals surface area contributed by atoms with E-state index in [-0.39, 0.29) is 6.01 Å². The van der Waals surface area contributed by atoms with Crippen LogP contribution in [0.15, 0.2) is 60.9 Å². The summed E-state index contributed by atoms with van der Waals surface area (Å²) >= 11 is 5.79. The van der Waals surface area contributed by atoms with Gasteiger partial charge in [-0.15, -0.1) is 0 Å². The molecule has 5 aromatic rings. The summed E-state index contributed by atoms with van der Waals surface area (Å²) in [6.45, 7) is 0.525. The fraction of sp³-hybridized carbons (Fsp3) is 0.200. The lowest BCUT2D eigenvalue weighted by Crippen LogP contribution is -2.06. The number of rotatable bonds is 7. The van der Waals surface area contributed by atoms with Crippen LogP contribution in [0.25, 0.3) is 11.0 Å². The molecule has 8 nitrogen and oxygen atoms in total. The van der Waals surface area contributed by atoms with E-state index in [0.29, 0.717) is 35.4 Å². The number of fused-ring (bicyclic) bond motifs is 1. The van der Waals surface area contributed by atoms with Gasteiger partial charge in [-0.25, -0.2) is 15.0 Å². The first-order chi connectivity index (χ1) is 17.7. The van der Waals surface area contributed by atoms with E-state index in [0.717, 1.165) is 28.2 Å². The summed E-state index contributed by atoms with van der Waals surface area (Å²) in [4.78, 5) is 12.7. The quantitative estimate of drug-likeness (QED) is 0.289. The predicted molar refractivity (Wildman–Crippen MR) is 133 cm³/mol. The SMILES string of the molecule is Cn1nc(C(F)(F)F)cc1Cc1ccc2nc(NCc3ccc(Oc4ncc(Cl)cn4)cc3)n(C)c2c1. The van der Waals surface area contributed by atoms with Gasteiger partial charge in [-0.05, 0) is 41.5 Å². The van der Waals surface area contributed by atoms with Crippen molar-refractivity contribution in [3.8, 4) is 11.8 Å². The topological polar surface area (TPSA) is 82.7 Å². The Kier molecular flexibility index (Phi) is 6.46. The second kappa shape index (κ2) is 9.74. The fourth-order valence-electron chi connectivity index (χ4n) is 3.84. The number of nitrogens with zero attached hydrogens (tertiary/aromatic N) is 6. The number of alkyl halides is 3. The number of aryl methyl sites for hydroxylation is 2. The minimum atomic E-state index is -4.47. The van der Waals surface area contributed by atoms with Crippen molar-refractivity contribution >= 4 is 28.6 Å². The van der Waals surface area contributed by atoms with Gasteiger partial charge in [0.05, 0.1) is 28.4 Å². The zero-order valence-corrected chi connectivity index (χ0v) is 20.5. The molecule has 1 N–H and O–H groups in total. The molecule has 190 valence electrons. The van der Waals surface area contributed by atoms with E-state index in [9.17, 15) is 13.2 Å². The highest BCUT2D eigenvalue weighted by molar-refractivity contribution is 6.30. The van der Waals surface area contributed by atoms with E-state index >= 15 is 0 Å². The first-order valence-electron chi connectivity index (χ1n) is 11.2. The number of aromatic nitrogens is 6. The Labute approximate surface area is 214 Å². The van der Waals surface area contributed by atoms with Crippen LogP contribution in [0, 0.1) is 0 Å². The predicted octanol–water partition coefficient (Wildman–Crippen LogP) is 5.76. The van der Waals surface area contributed by atoms with Gasteiger partial charge in [0.15, 0.2) is 5.69 Å². The second-order valence-electron chi connectivity index (χ2n) is 8.42. The average molecular weight is 528 g/mol. The molecular formula is C25H21ClF3N7O. The third-order valence-electron chi connectivity index (χ3n) is 5.78. The van der Waals surface area contributed by atoms with Crippen molar-refractivity contribution < 1.29 is 17.9 Å². The summed E-state index contributed by atoms with van der Waals surface area (Å²) in [6.07, 6.45) is -1.23. The summed E-state index contributed by atoms with van der Waals surface area (Å²) in [5.41, 5.74) is 3.09. The van der Waals surface area contributed by atoms with Crippen LogP contribution in [0.2, 0.25) is 5.02 Å². The summed E-state index contributed by atoms with van der Waals surface area (Å²) in [5, 5.41) is 7.35. The fourth-order valence-corrected chi connectivity index (χ4v) is 3.94. The van der Waals surface area contributed by atoms with Crippen LogP contribution >= 0.6 is 11.6 Å². The Morgan fingerprint density at radius 3 is 2.35 bits per heavy atom. The van der Waals surface area contributed by atoms with Crippen molar-refractivity contribution in [2.24, 2.45) is 14.1 Å². The number of imidazole rings is 1. The monoisotopic (exact) mass is 527 g/mol. The van der Waals surface area contributed by atoms with Crippen molar-refractivity contribution in [2.45, 2.75) is 19.1 Å². The summed E-state index contributed by atoms with van der Waals surface area (Å²) in [7, 11) is 3.40. The van der Waals surface area contributed by atoms with Crippen molar-refractivity contribution in [2.75, 3.05) is 5.32 Å². The Morgan fingerprint density at radius 1 is 0.973 bits per heavy atom. The molecule has 2 aromatic carbocycles. The van der Waals surface area contributed by atoms with E-state index in [2.05, 4.69) is 25.4 Å². The number of anilines is 1. The molecule has 12 heteroatoms. The van der Waals surface area contributed by atoms with E-state index < -0.39 is 11.9 Å². The number of ether oxygens (including phenoxy) is 1. The van der Waals surface area contributed by atoms with Crippen LogP contribution in [-0.2, 0) is 33.2 Å². The van der Waals surface area contributed by atoms with Crippen LogP contribution in [-0.4, -0.2) is 29.3 Å². The van der Waals surface area contributed by atoms with Gasteiger partial charge in [0.2, 0.25) is 5.95 Å². The Bertz CT molecular complexity index is 1540. The second-order valence-corrected chi connectivity index (χ2v) is 8.86. The number of hydrogen-bond acceptors (Lipinski definition) is 6. The number of benzene rings is 2. The molecule has 3 heterocycles. The molecule has 0 radical (unpaired) electrons. The number of hydrogen-bond donors (Lipinski definition) is 1. The lowest BCUT2D eigenvalue weighted by molar-refractivity contribution is -0.141. The summed E-state index contributed by atoms with van der Waals surface area (Å²) < 4.78 is 47.8. The molecule has 0 bridgehead atoms. The first kappa shape index (κ1) is 24.6. The molecule has 0 atom stereocenters. The highest BCUT2D eigenvalue weighted by atomic mass is 35.5. The highest BCUT2D eigenvalue weighted by Gasteiger charge is 2.34. The van der Waals surface area contributed by atoms with Gasteiger partial charge in [0, 0.05) is 32.8 Å². The lowest BCUT2D eigenvalue weighted by atomic mass is 10.1. The van der Waals surface area contributed by atoms with Gasteiger partial charge in [0.25, 0.3) is 0 Å². The largest absolute Gasteiger partial charge is 0.435 e. The maximum atomic E-state index is 13.0. The molecule has 0 aliphatic carbocycles. The van der Waals surface area contributed by atoms with Gasteiger partial charge in [-0.1, -0.05) is 29.8 Å². The van der Waals surface area contributed by atoms with Gasteiger partial charge >= 0.3 is 12.2 Å². The molecule has 0 amide bonds. The highest BCUT2D eigenvalue weighted by Crippen LogP contribution is 2.29. The maximum Gasteiger partial charge on any atom is 0.435 e. The molecule has 3 aromatic heterocycles. The van der Waals surface area contributed by atoms with Crippen molar-refractivity contribution in [3.63, 3.8) is 0 Å². The minimum Gasteiger partial charge on any atom is -0.424 e. The molecular weight excluding hydrogens is 507 g/mol. The first-order valence-corrected chi connectivity index (χ1v) is 11.6. The normalized spacial score (nSPS) is 11.7. The molecule has 0 unspecified atom stereocenters. The molecule has 0 aliphatic rings. The smallest absolute Gasteiger partial charge is 0.424 e. The zero-order chi connectivity index (χ0) is 26.2. The Hall–Kier alpha value is -4.12. The van der Waals surface area contributed by atoms with Crippen molar-refractivity contribution in [1.29, 1.82) is 0 Å². The van der Waals surface area contributed by atoms with Crippen LogP contribution < -0.4 is 10.1 Å². The maximum absolute atomic E-state index is 13.0. The Balaban J connectivity index is 1.26. The van der Waals surface area contributed by atoms with Crippen molar-refractivity contribution in [3.05, 3.63) is 88.5 Å². The lowest BCUT2D eigenvalue weighted by Gasteiger charge is -2.08. The third-order valence-corrected chi connectivity index (χ3v) is 5.97. The van der Waals surface area contributed by atoms with Crippen LogP contribution in [0.3, 0.4) is 0 Å². The van der Waals surface area contributed by atoms with Crippen LogP contribution in [0.4, 0.5) is 19.1 Å². The molecule has 0 aliphatic heterocycles. The van der Waals surface area contributed by atoms with Gasteiger partial charge < -0.3 is 14.6 Å². The molecule has 0 fully saturated rings. The zero-order valence-electron chi connectivity index (χ0n) is 19.8. The van der Waals surface area contributed by atoms with Crippen molar-refractivity contribution in [1.82, 2.24) is 29.3 Å². The van der Waals surface area contributed by atoms with Crippen LogP contribution in [0.5, 0.6) is 11.8 Å². The van der Waals surface area contributed by atoms with E-state index in [1.807, 2.05) is 54.1 Å². The standard InChI is InChI=1S/C25H21ClF3N7O/c1-35-21-10-16(9-18-11-22(25(27,28)29)34-36(18)2)5-8-20(21)33-23(35)30-12-15-3-6-19(7-4-15)37-24-31-13-17(26)14-32-24/h3-8,10-11,13-14H,9,12H2,1-2H3,(H,30,33). The van der Waals surface area contributed by atoms with Gasteiger partial charge in [-0.2, -0.15) is 18.3 Å². The van der Waals surface area contributed by atoms with E-state index in [4.69, 9.17) is 16.3 Å². The molecule has 5 rings (SSSR count). The molecule has 37 heavy (non-hydrogen) atoms. The third kappa shape index (κ3) is 5.51. The number of nitrogens with one attached hydrogen (secondary N) is 1. The van der Waals surface area contributed by atoms with E-state index in [1.54, 1.807) is 0 Å². The van der Waals surface area contributed by atoms with Crippen LogP contribution in [0.1, 0.15) is 22.5 Å². The number of halogens is 4. The summed E-state index contributed by atoms with van der Waals surface area (Å²) in [5.74, 6) is 1.26. The van der Waals surface area contributed by atoms with Gasteiger partial charge in [-0.3, -0.25) is 4.68 Å². The van der Waals surface area contributed by atoms with Gasteiger partial charge in [0.1, 0.15) is 5.75 Å². The molecule has 0 spiro atoms.